The van der Waals surface area contributed by atoms with Crippen LogP contribution < -0.4 is 10.5 Å². The van der Waals surface area contributed by atoms with Gasteiger partial charge in [0.1, 0.15) is 17.5 Å². The van der Waals surface area contributed by atoms with Gasteiger partial charge in [0.05, 0.1) is 28.0 Å². The van der Waals surface area contributed by atoms with Crippen LogP contribution in [0.4, 0.5) is 24.7 Å². The molecule has 3 aromatic rings. The number of hydrogen-bond acceptors (Lipinski definition) is 5. The predicted molar refractivity (Wildman–Crippen MR) is 94.9 cm³/mol. The molecule has 0 fully saturated rings. The second-order valence-electron chi connectivity index (χ2n) is 5.61. The maximum Gasteiger partial charge on any atom is 0.416 e. The third kappa shape index (κ3) is 3.63. The maximum atomic E-state index is 12.7. The van der Waals surface area contributed by atoms with E-state index in [9.17, 15) is 21.6 Å². The first-order valence-electron chi connectivity index (χ1n) is 7.66. The zero-order chi connectivity index (χ0) is 20.5. The Morgan fingerprint density at radius 2 is 1.75 bits per heavy atom. The molecule has 0 bridgehead atoms. The molecule has 0 aliphatic heterocycles. The van der Waals surface area contributed by atoms with Crippen molar-refractivity contribution in [1.82, 2.24) is 9.78 Å². The highest BCUT2D eigenvalue weighted by molar-refractivity contribution is 7.92. The van der Waals surface area contributed by atoms with E-state index in [1.54, 1.807) is 12.1 Å². The van der Waals surface area contributed by atoms with E-state index in [4.69, 9.17) is 11.0 Å². The summed E-state index contributed by atoms with van der Waals surface area (Å²) in [6.45, 7) is 0. The molecule has 3 rings (SSSR count). The van der Waals surface area contributed by atoms with Gasteiger partial charge < -0.3 is 5.73 Å². The fraction of sp³-hybridized carbons (Fsp3) is 0.0588. The van der Waals surface area contributed by atoms with E-state index in [0.29, 0.717) is 12.1 Å². The normalized spacial score (nSPS) is 11.8. The molecule has 0 aliphatic carbocycles. The molecule has 3 N–H and O–H groups in total. The van der Waals surface area contributed by atoms with Crippen molar-refractivity contribution >= 4 is 21.5 Å². The Morgan fingerprint density at radius 3 is 2.32 bits per heavy atom. The van der Waals surface area contributed by atoms with Crippen molar-refractivity contribution in [1.29, 1.82) is 5.26 Å². The molecule has 0 aliphatic rings. The van der Waals surface area contributed by atoms with Gasteiger partial charge >= 0.3 is 6.18 Å². The average molecular weight is 407 g/mol. The topological polar surface area (TPSA) is 114 Å². The summed E-state index contributed by atoms with van der Waals surface area (Å²) in [5.74, 6) is 0.0173. The molecule has 0 saturated heterocycles. The van der Waals surface area contributed by atoms with E-state index >= 15 is 0 Å². The molecular weight excluding hydrogens is 395 g/mol. The largest absolute Gasteiger partial charge is 0.416 e. The first-order valence-corrected chi connectivity index (χ1v) is 9.15. The molecule has 1 heterocycles. The second kappa shape index (κ2) is 6.90. The quantitative estimate of drug-likeness (QED) is 0.690. The molecule has 0 spiro atoms. The molecule has 0 atom stereocenters. The number of rotatable bonds is 4. The summed E-state index contributed by atoms with van der Waals surface area (Å²) in [4.78, 5) is -0.346. The van der Waals surface area contributed by atoms with Crippen LogP contribution in [0.5, 0.6) is 0 Å². The number of nitriles is 1. The second-order valence-corrected chi connectivity index (χ2v) is 7.29. The van der Waals surface area contributed by atoms with Gasteiger partial charge in [0, 0.05) is 0 Å². The number of para-hydroxylation sites is 2. The van der Waals surface area contributed by atoms with Crippen LogP contribution in [0.2, 0.25) is 0 Å². The number of nitrogens with zero attached hydrogens (tertiary/aromatic N) is 3. The lowest BCUT2D eigenvalue weighted by molar-refractivity contribution is -0.137. The van der Waals surface area contributed by atoms with Crippen molar-refractivity contribution < 1.29 is 21.6 Å². The molecule has 28 heavy (non-hydrogen) atoms. The summed E-state index contributed by atoms with van der Waals surface area (Å²) in [5.41, 5.74) is 5.33. The smallest absolute Gasteiger partial charge is 0.382 e. The molecule has 0 amide bonds. The van der Waals surface area contributed by atoms with E-state index in [1.165, 1.54) is 23.0 Å². The lowest BCUT2D eigenvalue weighted by Gasteiger charge is -2.14. The van der Waals surface area contributed by atoms with Gasteiger partial charge in [-0.25, -0.2) is 13.1 Å². The number of halogens is 3. The minimum absolute atomic E-state index is 0.0173. The molecule has 0 unspecified atom stereocenters. The fourth-order valence-corrected chi connectivity index (χ4v) is 3.48. The van der Waals surface area contributed by atoms with Crippen molar-refractivity contribution in [3.05, 3.63) is 65.9 Å². The van der Waals surface area contributed by atoms with Crippen molar-refractivity contribution in [3.63, 3.8) is 0 Å². The predicted octanol–water partition coefficient (Wildman–Crippen LogP) is 3.15. The van der Waals surface area contributed by atoms with Crippen LogP contribution in [0.1, 0.15) is 11.1 Å². The van der Waals surface area contributed by atoms with E-state index in [0.717, 1.165) is 12.1 Å². The molecule has 2 aromatic carbocycles. The standard InChI is InChI=1S/C17H12F3N5O2S/c18-17(19,20)12-5-7-13(8-6-12)28(26,27)24-14-3-1-2-4-15(14)25-16(22)11(9-21)10-23-25/h1-8,10,24H,22H2. The van der Waals surface area contributed by atoms with Gasteiger partial charge in [-0.3, -0.25) is 4.72 Å². The van der Waals surface area contributed by atoms with E-state index < -0.39 is 21.8 Å². The van der Waals surface area contributed by atoms with Crippen LogP contribution in [0.15, 0.2) is 59.6 Å². The third-order valence-electron chi connectivity index (χ3n) is 3.80. The molecular formula is C17H12F3N5O2S. The number of aromatic nitrogens is 2. The maximum absolute atomic E-state index is 12.7. The average Bonchev–Trinajstić information content (AvgIpc) is 3.02. The molecule has 7 nitrogen and oxygen atoms in total. The Balaban J connectivity index is 1.98. The van der Waals surface area contributed by atoms with Crippen molar-refractivity contribution in [2.75, 3.05) is 10.5 Å². The monoisotopic (exact) mass is 407 g/mol. The highest BCUT2D eigenvalue weighted by Gasteiger charge is 2.30. The number of nitrogen functional groups attached to an aromatic ring is 1. The number of nitrogens with two attached hydrogens (primary N) is 1. The molecule has 11 heteroatoms. The van der Waals surface area contributed by atoms with Crippen molar-refractivity contribution in [2.45, 2.75) is 11.1 Å². The number of alkyl halides is 3. The lowest BCUT2D eigenvalue weighted by atomic mass is 10.2. The zero-order valence-electron chi connectivity index (χ0n) is 14.0. The van der Waals surface area contributed by atoms with Gasteiger partial charge in [0.25, 0.3) is 10.0 Å². The van der Waals surface area contributed by atoms with Crippen LogP contribution in [0.3, 0.4) is 0 Å². The Bertz CT molecular complexity index is 1160. The first kappa shape index (κ1) is 19.2. The van der Waals surface area contributed by atoms with E-state index in [1.807, 2.05) is 6.07 Å². The van der Waals surface area contributed by atoms with E-state index in [-0.39, 0.29) is 27.7 Å². The van der Waals surface area contributed by atoms with Gasteiger partial charge in [0.2, 0.25) is 0 Å². The molecule has 0 radical (unpaired) electrons. The van der Waals surface area contributed by atoms with Crippen molar-refractivity contribution in [2.24, 2.45) is 0 Å². The number of sulfonamides is 1. The Kier molecular flexibility index (Phi) is 4.74. The van der Waals surface area contributed by atoms with Crippen molar-refractivity contribution in [3.8, 4) is 11.8 Å². The number of anilines is 2. The summed E-state index contributed by atoms with van der Waals surface area (Å²) in [6, 6.07) is 11.1. The molecule has 0 saturated carbocycles. The summed E-state index contributed by atoms with van der Waals surface area (Å²) >= 11 is 0. The van der Waals surface area contributed by atoms with Crippen LogP contribution in [0.25, 0.3) is 5.69 Å². The summed E-state index contributed by atoms with van der Waals surface area (Å²) in [5, 5.41) is 13.0. The molecule has 144 valence electrons. The summed E-state index contributed by atoms with van der Waals surface area (Å²) in [6.07, 6.45) is -3.34. The van der Waals surface area contributed by atoms with Crippen LogP contribution in [-0.2, 0) is 16.2 Å². The highest BCUT2D eigenvalue weighted by Crippen LogP contribution is 2.30. The zero-order valence-corrected chi connectivity index (χ0v) is 14.8. The highest BCUT2D eigenvalue weighted by atomic mass is 32.2. The van der Waals surface area contributed by atoms with Crippen LogP contribution >= 0.6 is 0 Å². The Labute approximate surface area is 157 Å². The Morgan fingerprint density at radius 1 is 1.11 bits per heavy atom. The van der Waals surface area contributed by atoms with Crippen LogP contribution in [-0.4, -0.2) is 18.2 Å². The minimum Gasteiger partial charge on any atom is -0.382 e. The SMILES string of the molecule is N#Cc1cnn(-c2ccccc2NS(=O)(=O)c2ccc(C(F)(F)F)cc2)c1N. The number of hydrogen-bond donors (Lipinski definition) is 2. The third-order valence-corrected chi connectivity index (χ3v) is 5.18. The Hall–Kier alpha value is -3.52. The van der Waals surface area contributed by atoms with E-state index in [2.05, 4.69) is 9.82 Å². The van der Waals surface area contributed by atoms with Gasteiger partial charge in [-0.2, -0.15) is 23.5 Å². The lowest BCUT2D eigenvalue weighted by Crippen LogP contribution is -2.16. The summed E-state index contributed by atoms with van der Waals surface area (Å²) in [7, 11) is -4.18. The van der Waals surface area contributed by atoms with Gasteiger partial charge in [-0.15, -0.1) is 0 Å². The summed E-state index contributed by atoms with van der Waals surface area (Å²) < 4.78 is 66.7. The van der Waals surface area contributed by atoms with Gasteiger partial charge in [0.15, 0.2) is 0 Å². The molecule has 1 aromatic heterocycles. The van der Waals surface area contributed by atoms with Gasteiger partial charge in [-0.1, -0.05) is 12.1 Å². The van der Waals surface area contributed by atoms with Gasteiger partial charge in [-0.05, 0) is 36.4 Å². The number of nitrogens with one attached hydrogen (secondary N) is 1. The minimum atomic E-state index is -4.57. The number of benzene rings is 2. The first-order chi connectivity index (χ1) is 13.1. The van der Waals surface area contributed by atoms with Crippen LogP contribution in [0, 0.1) is 11.3 Å². The fourth-order valence-electron chi connectivity index (χ4n) is 2.41.